The predicted molar refractivity (Wildman–Crippen MR) is 147 cm³/mol. The first-order valence-electron chi connectivity index (χ1n) is 12.2. The maximum atomic E-state index is 13.7. The van der Waals surface area contributed by atoms with Crippen LogP contribution < -0.4 is 5.32 Å². The number of amides is 3. The van der Waals surface area contributed by atoms with Gasteiger partial charge in [-0.2, -0.15) is 0 Å². The maximum Gasteiger partial charge on any atom is 0.269 e. The molecule has 198 valence electrons. The summed E-state index contributed by atoms with van der Waals surface area (Å²) in [4.78, 5) is 41.2. The van der Waals surface area contributed by atoms with E-state index >= 15 is 0 Å². The van der Waals surface area contributed by atoms with Crippen LogP contribution in [0.4, 0.5) is 0 Å². The largest absolute Gasteiger partial charge is 0.355 e. The zero-order chi connectivity index (χ0) is 27.3. The van der Waals surface area contributed by atoms with E-state index in [0.29, 0.717) is 6.54 Å². The first-order valence-corrected chi connectivity index (χ1v) is 14.5. The Morgan fingerprint density at radius 2 is 1.61 bits per heavy atom. The Bertz CT molecular complexity index is 1430. The van der Waals surface area contributed by atoms with Gasteiger partial charge in [-0.3, -0.25) is 14.4 Å². The Labute approximate surface area is 230 Å². The van der Waals surface area contributed by atoms with Crippen LogP contribution in [0.1, 0.15) is 34.8 Å². The van der Waals surface area contributed by atoms with E-state index < -0.39 is 27.9 Å². The van der Waals surface area contributed by atoms with Crippen molar-refractivity contribution < 1.29 is 22.8 Å². The van der Waals surface area contributed by atoms with Gasteiger partial charge in [0.1, 0.15) is 10.9 Å². The summed E-state index contributed by atoms with van der Waals surface area (Å²) in [5.41, 5.74) is 1.78. The highest BCUT2D eigenvalue weighted by molar-refractivity contribution is 9.10. The van der Waals surface area contributed by atoms with Crippen molar-refractivity contribution in [1.82, 2.24) is 14.5 Å². The molecule has 3 aromatic rings. The van der Waals surface area contributed by atoms with Gasteiger partial charge in [-0.1, -0.05) is 70.5 Å². The number of carbonyl (C=O) groups excluding carboxylic acids is 3. The molecular formula is C28H28BrN3O5S. The van der Waals surface area contributed by atoms with Crippen LogP contribution in [-0.4, -0.2) is 54.5 Å². The van der Waals surface area contributed by atoms with Gasteiger partial charge >= 0.3 is 0 Å². The molecule has 1 aliphatic heterocycles. The van der Waals surface area contributed by atoms with Crippen molar-refractivity contribution in [3.05, 3.63) is 100 Å². The van der Waals surface area contributed by atoms with Gasteiger partial charge in [-0.15, -0.1) is 0 Å². The molecule has 1 aliphatic rings. The number of hydrogen-bond donors (Lipinski definition) is 1. The molecule has 8 nitrogen and oxygen atoms in total. The lowest BCUT2D eigenvalue weighted by molar-refractivity contribution is -0.141. The number of rotatable bonds is 10. The third kappa shape index (κ3) is 5.97. The van der Waals surface area contributed by atoms with Crippen LogP contribution in [0.2, 0.25) is 0 Å². The molecule has 4 rings (SSSR count). The highest BCUT2D eigenvalue weighted by atomic mass is 79.9. The van der Waals surface area contributed by atoms with Crippen LogP contribution in [-0.2, 0) is 32.6 Å². The van der Waals surface area contributed by atoms with Gasteiger partial charge in [0.2, 0.25) is 11.8 Å². The van der Waals surface area contributed by atoms with Gasteiger partial charge in [-0.05, 0) is 42.3 Å². The van der Waals surface area contributed by atoms with Gasteiger partial charge < -0.3 is 10.2 Å². The fraction of sp³-hybridized carbons (Fsp3) is 0.250. The molecule has 1 N–H and O–H groups in total. The topological polar surface area (TPSA) is 104 Å². The number of likely N-dealkylation sites (N-methyl/N-ethyl adjacent to an activating group) is 1. The van der Waals surface area contributed by atoms with Crippen LogP contribution in [0.25, 0.3) is 0 Å². The zero-order valence-corrected chi connectivity index (χ0v) is 23.2. The number of halogens is 1. The van der Waals surface area contributed by atoms with E-state index in [1.165, 1.54) is 17.0 Å². The summed E-state index contributed by atoms with van der Waals surface area (Å²) < 4.78 is 27.6. The van der Waals surface area contributed by atoms with E-state index in [1.54, 1.807) is 19.1 Å². The van der Waals surface area contributed by atoms with Crippen LogP contribution in [0, 0.1) is 0 Å². The van der Waals surface area contributed by atoms with Gasteiger partial charge in [0.05, 0.1) is 5.56 Å². The minimum absolute atomic E-state index is 0.0616. The van der Waals surface area contributed by atoms with Crippen molar-refractivity contribution in [2.75, 3.05) is 13.1 Å². The lowest BCUT2D eigenvalue weighted by Gasteiger charge is -2.32. The van der Waals surface area contributed by atoms with Gasteiger partial charge in [0.25, 0.3) is 15.9 Å². The zero-order valence-electron chi connectivity index (χ0n) is 20.8. The minimum atomic E-state index is -4.05. The maximum absolute atomic E-state index is 13.7. The number of benzene rings is 3. The van der Waals surface area contributed by atoms with E-state index in [-0.39, 0.29) is 42.3 Å². The Balaban J connectivity index is 1.62. The molecule has 0 unspecified atom stereocenters. The summed E-state index contributed by atoms with van der Waals surface area (Å²) >= 11 is 3.41. The number of nitrogens with one attached hydrogen (secondary N) is 1. The Morgan fingerprint density at radius 1 is 0.947 bits per heavy atom. The molecule has 0 radical (unpaired) electrons. The molecule has 0 saturated carbocycles. The summed E-state index contributed by atoms with van der Waals surface area (Å²) in [6, 6.07) is 22.0. The molecule has 10 heteroatoms. The smallest absolute Gasteiger partial charge is 0.269 e. The van der Waals surface area contributed by atoms with Crippen molar-refractivity contribution in [2.45, 2.75) is 37.2 Å². The SMILES string of the molecule is CCNC(=O)[C@@H](Cc1ccccc1)N(Cc1ccc(Br)cc1)C(=O)CCN1C(=O)c2ccccc2S1(=O)=O. The Morgan fingerprint density at radius 3 is 2.26 bits per heavy atom. The summed E-state index contributed by atoms with van der Waals surface area (Å²) in [5.74, 6) is -1.39. The molecule has 0 spiro atoms. The number of carbonyl (C=O) groups is 3. The highest BCUT2D eigenvalue weighted by Crippen LogP contribution is 2.30. The fourth-order valence-electron chi connectivity index (χ4n) is 4.43. The van der Waals surface area contributed by atoms with Crippen LogP contribution in [0.3, 0.4) is 0 Å². The van der Waals surface area contributed by atoms with Gasteiger partial charge in [-0.25, -0.2) is 12.7 Å². The molecule has 0 bridgehead atoms. The number of hydrogen-bond acceptors (Lipinski definition) is 5. The molecule has 0 fully saturated rings. The van der Waals surface area contributed by atoms with E-state index in [0.717, 1.165) is 19.9 Å². The minimum Gasteiger partial charge on any atom is -0.355 e. The summed E-state index contributed by atoms with van der Waals surface area (Å²) in [6.07, 6.45) is 0.0154. The average Bonchev–Trinajstić information content (AvgIpc) is 3.11. The summed E-state index contributed by atoms with van der Waals surface area (Å²) in [5, 5.41) is 2.82. The average molecular weight is 599 g/mol. The molecule has 38 heavy (non-hydrogen) atoms. The summed E-state index contributed by atoms with van der Waals surface area (Å²) in [7, 11) is -4.05. The van der Waals surface area contributed by atoms with Crippen molar-refractivity contribution in [1.29, 1.82) is 0 Å². The van der Waals surface area contributed by atoms with Crippen LogP contribution in [0.15, 0.2) is 88.2 Å². The summed E-state index contributed by atoms with van der Waals surface area (Å²) in [6.45, 7) is 2.02. The molecule has 1 atom stereocenters. The first kappa shape index (κ1) is 27.5. The second-order valence-electron chi connectivity index (χ2n) is 8.88. The molecule has 3 aromatic carbocycles. The molecule has 0 saturated heterocycles. The number of nitrogens with zero attached hydrogens (tertiary/aromatic N) is 2. The van der Waals surface area contributed by atoms with Crippen LogP contribution in [0.5, 0.6) is 0 Å². The molecule has 0 aliphatic carbocycles. The van der Waals surface area contributed by atoms with E-state index in [1.807, 2.05) is 54.6 Å². The second-order valence-corrected chi connectivity index (χ2v) is 11.6. The Kier molecular flexibility index (Phi) is 8.63. The van der Waals surface area contributed by atoms with E-state index in [9.17, 15) is 22.8 Å². The predicted octanol–water partition coefficient (Wildman–Crippen LogP) is 3.76. The van der Waals surface area contributed by atoms with Gasteiger partial charge in [0.15, 0.2) is 0 Å². The van der Waals surface area contributed by atoms with E-state index in [4.69, 9.17) is 0 Å². The molecule has 0 aromatic heterocycles. The lowest BCUT2D eigenvalue weighted by Crippen LogP contribution is -2.51. The number of sulfonamides is 1. The standard InChI is InChI=1S/C28H28BrN3O5S/c1-2-30-27(34)24(18-20-8-4-3-5-9-20)31(19-21-12-14-22(29)15-13-21)26(33)16-17-32-28(35)23-10-6-7-11-25(23)38(32,36)37/h3-15,24H,2,16-19H2,1H3,(H,30,34)/t24-/m1/s1. The molecule has 3 amide bonds. The van der Waals surface area contributed by atoms with Crippen molar-refractivity contribution in [2.24, 2.45) is 0 Å². The first-order chi connectivity index (χ1) is 18.2. The quantitative estimate of drug-likeness (QED) is 0.383. The Hall–Kier alpha value is -3.50. The van der Waals surface area contributed by atoms with Gasteiger partial charge in [0, 0.05) is 36.9 Å². The van der Waals surface area contributed by atoms with Crippen molar-refractivity contribution in [3.63, 3.8) is 0 Å². The van der Waals surface area contributed by atoms with E-state index in [2.05, 4.69) is 21.2 Å². The normalized spacial score (nSPS) is 14.6. The highest BCUT2D eigenvalue weighted by Gasteiger charge is 2.41. The molecule has 1 heterocycles. The number of fused-ring (bicyclic) bond motifs is 1. The van der Waals surface area contributed by atoms with Crippen molar-refractivity contribution in [3.8, 4) is 0 Å². The lowest BCUT2D eigenvalue weighted by atomic mass is 10.0. The fourth-order valence-corrected chi connectivity index (χ4v) is 6.26. The monoisotopic (exact) mass is 597 g/mol. The third-order valence-electron chi connectivity index (χ3n) is 6.33. The second kappa shape index (κ2) is 11.9. The van der Waals surface area contributed by atoms with Crippen molar-refractivity contribution >= 4 is 43.7 Å². The third-order valence-corrected chi connectivity index (χ3v) is 8.70. The molecular weight excluding hydrogens is 570 g/mol. The van der Waals surface area contributed by atoms with Crippen LogP contribution >= 0.6 is 15.9 Å².